The van der Waals surface area contributed by atoms with E-state index < -0.39 is 18.2 Å². The number of halogens is 3. The molecule has 0 aliphatic heterocycles. The van der Waals surface area contributed by atoms with Crippen molar-refractivity contribution in [1.29, 1.82) is 0 Å². The summed E-state index contributed by atoms with van der Waals surface area (Å²) in [5.74, 6) is -0.759. The Bertz CT molecular complexity index is 86.7. The van der Waals surface area contributed by atoms with Gasteiger partial charge in [-0.3, -0.25) is 0 Å². The van der Waals surface area contributed by atoms with Crippen LogP contribution >= 0.6 is 0 Å². The Morgan fingerprint density at radius 1 is 1.22 bits per heavy atom. The van der Waals surface area contributed by atoms with Crippen molar-refractivity contribution in [2.24, 2.45) is 5.92 Å². The molecule has 1 unspecified atom stereocenters. The van der Waals surface area contributed by atoms with E-state index in [-0.39, 0.29) is 0 Å². The molecule has 0 radical (unpaired) electrons. The van der Waals surface area contributed by atoms with Crippen molar-refractivity contribution in [3.05, 3.63) is 0 Å². The van der Waals surface area contributed by atoms with E-state index in [1.165, 1.54) is 13.8 Å². The Labute approximate surface area is 51.5 Å². The maximum Gasteiger partial charge on any atom is 0.414 e. The highest BCUT2D eigenvalue weighted by Crippen LogP contribution is 2.24. The fourth-order valence-corrected chi connectivity index (χ4v) is 0.378. The van der Waals surface area contributed by atoms with Gasteiger partial charge in [-0.25, -0.2) is 0 Å². The van der Waals surface area contributed by atoms with E-state index in [9.17, 15) is 13.2 Å². The first-order valence-corrected chi connectivity index (χ1v) is 2.60. The first-order chi connectivity index (χ1) is 3.85. The zero-order valence-corrected chi connectivity index (χ0v) is 5.24. The van der Waals surface area contributed by atoms with Crippen molar-refractivity contribution in [3.8, 4) is 0 Å². The third kappa shape index (κ3) is 2.70. The molecule has 0 aliphatic carbocycles. The number of rotatable bonds is 1. The monoisotopic (exact) mass is 142 g/mol. The van der Waals surface area contributed by atoms with Crippen LogP contribution in [0.1, 0.15) is 13.8 Å². The average Bonchev–Trinajstić information content (AvgIpc) is 1.62. The molecule has 1 nitrogen and oxygen atoms in total. The Hall–Kier alpha value is -0.250. The van der Waals surface area contributed by atoms with Crippen LogP contribution in [-0.4, -0.2) is 17.4 Å². The molecule has 0 aromatic rings. The lowest BCUT2D eigenvalue weighted by molar-refractivity contribution is -0.215. The average molecular weight is 142 g/mol. The van der Waals surface area contributed by atoms with Crippen molar-refractivity contribution in [1.82, 2.24) is 0 Å². The Balaban J connectivity index is 3.88. The highest BCUT2D eigenvalue weighted by Gasteiger charge is 2.39. The highest BCUT2D eigenvalue weighted by atomic mass is 19.4. The van der Waals surface area contributed by atoms with E-state index >= 15 is 0 Å². The van der Waals surface area contributed by atoms with E-state index in [0.29, 0.717) is 0 Å². The molecule has 1 N–H and O–H groups in total. The first-order valence-electron chi connectivity index (χ1n) is 2.60. The second-order valence-electron chi connectivity index (χ2n) is 2.23. The van der Waals surface area contributed by atoms with E-state index in [4.69, 9.17) is 5.11 Å². The molecule has 0 bridgehead atoms. The summed E-state index contributed by atoms with van der Waals surface area (Å²) in [6.45, 7) is 2.64. The quantitative estimate of drug-likeness (QED) is 0.589. The van der Waals surface area contributed by atoms with Gasteiger partial charge in [0.2, 0.25) is 0 Å². The third-order valence-electron chi connectivity index (χ3n) is 0.967. The van der Waals surface area contributed by atoms with Gasteiger partial charge in [0.25, 0.3) is 0 Å². The topological polar surface area (TPSA) is 20.2 Å². The summed E-state index contributed by atoms with van der Waals surface area (Å²) in [6.07, 6.45) is -6.65. The predicted octanol–water partition coefficient (Wildman–Crippen LogP) is 1.57. The van der Waals surface area contributed by atoms with Crippen LogP contribution in [0.25, 0.3) is 0 Å². The van der Waals surface area contributed by atoms with Gasteiger partial charge in [-0.15, -0.1) is 0 Å². The van der Waals surface area contributed by atoms with Gasteiger partial charge in [0.05, 0.1) is 0 Å². The molecule has 56 valence electrons. The van der Waals surface area contributed by atoms with Crippen LogP contribution in [-0.2, 0) is 0 Å². The molecule has 0 saturated carbocycles. The highest BCUT2D eigenvalue weighted by molar-refractivity contribution is 4.67. The SMILES string of the molecule is CC(C)C(O)C(F)(F)F. The summed E-state index contributed by atoms with van der Waals surface area (Å²) < 4.78 is 34.3. The molecule has 1 atom stereocenters. The van der Waals surface area contributed by atoms with Crippen molar-refractivity contribution < 1.29 is 18.3 Å². The minimum absolute atomic E-state index is 0.759. The number of hydrogen-bond donors (Lipinski definition) is 1. The molecular weight excluding hydrogens is 133 g/mol. The fourth-order valence-electron chi connectivity index (χ4n) is 0.378. The van der Waals surface area contributed by atoms with Gasteiger partial charge >= 0.3 is 6.18 Å². The summed E-state index contributed by atoms with van der Waals surface area (Å²) in [5, 5.41) is 8.34. The van der Waals surface area contributed by atoms with Gasteiger partial charge in [0.1, 0.15) is 0 Å². The van der Waals surface area contributed by atoms with Crippen LogP contribution < -0.4 is 0 Å². The maximum absolute atomic E-state index is 11.4. The lowest BCUT2D eigenvalue weighted by atomic mass is 10.1. The minimum Gasteiger partial charge on any atom is -0.383 e. The van der Waals surface area contributed by atoms with Crippen LogP contribution in [0.3, 0.4) is 0 Å². The van der Waals surface area contributed by atoms with Crippen LogP contribution in [0.15, 0.2) is 0 Å². The van der Waals surface area contributed by atoms with Gasteiger partial charge < -0.3 is 5.11 Å². The van der Waals surface area contributed by atoms with Crippen molar-refractivity contribution in [3.63, 3.8) is 0 Å². The molecule has 0 rings (SSSR count). The van der Waals surface area contributed by atoms with Crippen molar-refractivity contribution >= 4 is 0 Å². The van der Waals surface area contributed by atoms with Gasteiger partial charge in [0.15, 0.2) is 6.10 Å². The largest absolute Gasteiger partial charge is 0.414 e. The maximum atomic E-state index is 11.4. The van der Waals surface area contributed by atoms with Crippen molar-refractivity contribution in [2.75, 3.05) is 0 Å². The molecule has 0 aromatic carbocycles. The minimum atomic E-state index is -4.46. The second kappa shape index (κ2) is 2.56. The van der Waals surface area contributed by atoms with Crippen LogP contribution in [0, 0.1) is 5.92 Å². The van der Waals surface area contributed by atoms with E-state index in [2.05, 4.69) is 0 Å². The van der Waals surface area contributed by atoms with E-state index in [0.717, 1.165) is 0 Å². The number of aliphatic hydroxyl groups excluding tert-OH is 1. The molecule has 0 amide bonds. The first kappa shape index (κ1) is 8.75. The van der Waals surface area contributed by atoms with E-state index in [1.54, 1.807) is 0 Å². The molecule has 0 fully saturated rings. The Morgan fingerprint density at radius 3 is 1.56 bits per heavy atom. The second-order valence-corrected chi connectivity index (χ2v) is 2.23. The van der Waals surface area contributed by atoms with Gasteiger partial charge in [0, 0.05) is 0 Å². The molecular formula is C5H9F3O. The zero-order chi connectivity index (χ0) is 7.65. The Kier molecular flexibility index (Phi) is 2.49. The zero-order valence-electron chi connectivity index (χ0n) is 5.24. The standard InChI is InChI=1S/C5H9F3O/c1-3(2)4(9)5(6,7)8/h3-4,9H,1-2H3. The van der Waals surface area contributed by atoms with Crippen molar-refractivity contribution in [2.45, 2.75) is 26.1 Å². The summed E-state index contributed by atoms with van der Waals surface area (Å²) in [5.41, 5.74) is 0. The van der Waals surface area contributed by atoms with E-state index in [1.807, 2.05) is 0 Å². The van der Waals surface area contributed by atoms with Crippen LogP contribution in [0.5, 0.6) is 0 Å². The smallest absolute Gasteiger partial charge is 0.383 e. The van der Waals surface area contributed by atoms with Crippen LogP contribution in [0.2, 0.25) is 0 Å². The van der Waals surface area contributed by atoms with Gasteiger partial charge in [-0.05, 0) is 5.92 Å². The Morgan fingerprint density at radius 2 is 1.56 bits per heavy atom. The molecule has 9 heavy (non-hydrogen) atoms. The molecule has 0 aliphatic rings. The molecule has 4 heteroatoms. The summed E-state index contributed by atoms with van der Waals surface area (Å²) in [6, 6.07) is 0. The third-order valence-corrected chi connectivity index (χ3v) is 0.967. The summed E-state index contributed by atoms with van der Waals surface area (Å²) >= 11 is 0. The molecule has 0 spiro atoms. The predicted molar refractivity (Wildman–Crippen MR) is 26.9 cm³/mol. The summed E-state index contributed by atoms with van der Waals surface area (Å²) in [7, 11) is 0. The number of alkyl halides is 3. The molecule has 0 heterocycles. The molecule has 0 aromatic heterocycles. The van der Waals surface area contributed by atoms with Gasteiger partial charge in [-0.1, -0.05) is 13.8 Å². The molecule has 0 saturated heterocycles. The van der Waals surface area contributed by atoms with Gasteiger partial charge in [-0.2, -0.15) is 13.2 Å². The van der Waals surface area contributed by atoms with Crippen LogP contribution in [0.4, 0.5) is 13.2 Å². The lowest BCUT2D eigenvalue weighted by Crippen LogP contribution is -2.33. The number of hydrogen-bond acceptors (Lipinski definition) is 1. The number of aliphatic hydroxyl groups is 1. The normalized spacial score (nSPS) is 16.3. The lowest BCUT2D eigenvalue weighted by Gasteiger charge is -2.16. The fraction of sp³-hybridized carbons (Fsp3) is 1.00. The summed E-state index contributed by atoms with van der Waals surface area (Å²) in [4.78, 5) is 0.